The summed E-state index contributed by atoms with van der Waals surface area (Å²) < 4.78 is 0. The first-order valence-electron chi connectivity index (χ1n) is 8.39. The first-order valence-corrected chi connectivity index (χ1v) is 9.61. The number of aromatic amines is 1. The summed E-state index contributed by atoms with van der Waals surface area (Å²) in [7, 11) is 0. The number of carbonyl (C=O) groups excluding carboxylic acids is 1. The van der Waals surface area contributed by atoms with Crippen LogP contribution in [0.2, 0.25) is 0 Å². The number of nitrogens with two attached hydrogens (primary N) is 1. The number of thioether (sulfide) groups is 1. The minimum Gasteiger partial charge on any atom is -0.386 e. The van der Waals surface area contributed by atoms with Crippen LogP contribution in [0.25, 0.3) is 10.9 Å². The Morgan fingerprint density at radius 1 is 1.07 bits per heavy atom. The minimum atomic E-state index is -0.182. The average molecular weight is 379 g/mol. The third kappa shape index (κ3) is 4.57. The lowest BCUT2D eigenvalue weighted by Gasteiger charge is -2.05. The van der Waals surface area contributed by atoms with Crippen LogP contribution in [0.1, 0.15) is 29.9 Å². The second kappa shape index (κ2) is 8.09. The fraction of sp³-hybridized carbons (Fsp3) is 0.150. The molecular weight excluding hydrogens is 358 g/mol. The normalized spacial score (nSPS) is 12.4. The van der Waals surface area contributed by atoms with Crippen molar-refractivity contribution in [1.82, 2.24) is 4.98 Å². The Balaban J connectivity index is 1.74. The Bertz CT molecular complexity index is 1030. The molecule has 0 aliphatic carbocycles. The number of hydrogen-bond acceptors (Lipinski definition) is 4. The molecule has 0 radical (unpaired) electrons. The molecule has 7 heteroatoms. The maximum Gasteiger partial charge on any atom is 0.272 e. The van der Waals surface area contributed by atoms with Gasteiger partial charge >= 0.3 is 0 Å². The number of rotatable bonds is 5. The van der Waals surface area contributed by atoms with Crippen molar-refractivity contribution in [2.75, 3.05) is 11.6 Å². The van der Waals surface area contributed by atoms with Crippen LogP contribution in [0, 0.1) is 0 Å². The molecule has 6 nitrogen and oxygen atoms in total. The largest absolute Gasteiger partial charge is 0.386 e. The number of H-pyrrole nitrogens is 1. The van der Waals surface area contributed by atoms with Crippen molar-refractivity contribution in [1.29, 1.82) is 0 Å². The van der Waals surface area contributed by atoms with Gasteiger partial charge in [0.05, 0.1) is 5.71 Å². The van der Waals surface area contributed by atoms with Crippen LogP contribution < -0.4 is 11.1 Å². The lowest BCUT2D eigenvalue weighted by atomic mass is 10.1. The Kier molecular flexibility index (Phi) is 5.61. The van der Waals surface area contributed by atoms with Crippen LogP contribution in [-0.2, 0) is 0 Å². The van der Waals surface area contributed by atoms with Gasteiger partial charge in [0.25, 0.3) is 5.91 Å². The number of anilines is 1. The summed E-state index contributed by atoms with van der Waals surface area (Å²) >= 11 is 1.67. The van der Waals surface area contributed by atoms with E-state index in [1.165, 1.54) is 0 Å². The van der Waals surface area contributed by atoms with E-state index in [-0.39, 0.29) is 5.91 Å². The number of nitrogens with zero attached hydrogens (tertiary/aromatic N) is 2. The third-order valence-corrected chi connectivity index (χ3v) is 4.72. The van der Waals surface area contributed by atoms with Gasteiger partial charge in [-0.15, -0.1) is 16.9 Å². The van der Waals surface area contributed by atoms with Crippen molar-refractivity contribution in [2.24, 2.45) is 15.9 Å². The van der Waals surface area contributed by atoms with Gasteiger partial charge in [-0.2, -0.15) is 5.10 Å². The summed E-state index contributed by atoms with van der Waals surface area (Å²) in [6.45, 7) is 3.54. The molecule has 0 saturated carbocycles. The number of hydrogen-bond donors (Lipinski definition) is 3. The van der Waals surface area contributed by atoms with Crippen molar-refractivity contribution in [3.05, 3.63) is 59.8 Å². The number of benzene rings is 2. The van der Waals surface area contributed by atoms with Gasteiger partial charge < -0.3 is 16.0 Å². The molecule has 0 spiro atoms. The number of amidine groups is 1. The van der Waals surface area contributed by atoms with E-state index in [4.69, 9.17) is 5.73 Å². The zero-order valence-corrected chi connectivity index (χ0v) is 16.2. The molecule has 3 rings (SSSR count). The number of aromatic nitrogens is 1. The smallest absolute Gasteiger partial charge is 0.272 e. The number of carbonyl (C=O) groups is 1. The molecule has 0 unspecified atom stereocenters. The molecule has 0 saturated heterocycles. The molecule has 0 fully saturated rings. The van der Waals surface area contributed by atoms with Crippen molar-refractivity contribution >= 4 is 45.8 Å². The fourth-order valence-corrected chi connectivity index (χ4v) is 3.00. The standard InChI is InChI=1S/C20H21N5OS/c1-12(24-25-13(2)21)14-4-7-16(8-5-14)22-20(26)19-10-15-6-9-17(27-3)11-18(15)23-19/h4-11,23H,1-3H3,(H2,21,25)(H,22,26)/b24-12-. The summed E-state index contributed by atoms with van der Waals surface area (Å²) in [6, 6.07) is 15.4. The Labute approximate surface area is 162 Å². The summed E-state index contributed by atoms with van der Waals surface area (Å²) in [5.41, 5.74) is 9.33. The third-order valence-electron chi connectivity index (χ3n) is 3.99. The first-order chi connectivity index (χ1) is 13.0. The van der Waals surface area contributed by atoms with Gasteiger partial charge in [0.1, 0.15) is 11.5 Å². The zero-order valence-electron chi connectivity index (χ0n) is 15.4. The molecular formula is C20H21N5OS. The van der Waals surface area contributed by atoms with E-state index in [0.717, 1.165) is 27.1 Å². The lowest BCUT2D eigenvalue weighted by molar-refractivity contribution is 0.102. The summed E-state index contributed by atoms with van der Waals surface area (Å²) in [5.74, 6) is 0.222. The predicted octanol–water partition coefficient (Wildman–Crippen LogP) is 4.24. The summed E-state index contributed by atoms with van der Waals surface area (Å²) in [5, 5.41) is 11.8. The van der Waals surface area contributed by atoms with Crippen molar-refractivity contribution in [3.8, 4) is 0 Å². The molecule has 0 aliphatic heterocycles. The maximum absolute atomic E-state index is 12.5. The molecule has 1 amide bonds. The summed E-state index contributed by atoms with van der Waals surface area (Å²) in [4.78, 5) is 16.9. The Hall–Kier alpha value is -3.06. The fourth-order valence-electron chi connectivity index (χ4n) is 2.56. The van der Waals surface area contributed by atoms with Gasteiger partial charge in [-0.1, -0.05) is 18.2 Å². The predicted molar refractivity (Wildman–Crippen MR) is 114 cm³/mol. The zero-order chi connectivity index (χ0) is 19.4. The van der Waals surface area contributed by atoms with E-state index < -0.39 is 0 Å². The van der Waals surface area contributed by atoms with Crippen LogP contribution in [0.3, 0.4) is 0 Å². The number of nitrogens with one attached hydrogen (secondary N) is 2. The molecule has 27 heavy (non-hydrogen) atoms. The highest BCUT2D eigenvalue weighted by molar-refractivity contribution is 7.98. The molecule has 4 N–H and O–H groups in total. The van der Waals surface area contributed by atoms with E-state index in [1.807, 2.05) is 61.7 Å². The molecule has 138 valence electrons. The van der Waals surface area contributed by atoms with Gasteiger partial charge in [0.15, 0.2) is 0 Å². The minimum absolute atomic E-state index is 0.182. The van der Waals surface area contributed by atoms with Crippen molar-refractivity contribution in [2.45, 2.75) is 18.7 Å². The molecule has 3 aromatic rings. The van der Waals surface area contributed by atoms with E-state index in [0.29, 0.717) is 17.2 Å². The van der Waals surface area contributed by atoms with Gasteiger partial charge in [-0.25, -0.2) is 0 Å². The Morgan fingerprint density at radius 3 is 2.48 bits per heavy atom. The van der Waals surface area contributed by atoms with Crippen LogP contribution in [0.15, 0.2) is 63.6 Å². The highest BCUT2D eigenvalue weighted by Crippen LogP contribution is 2.23. The Morgan fingerprint density at radius 2 is 1.81 bits per heavy atom. The first kappa shape index (κ1) is 18.7. The lowest BCUT2D eigenvalue weighted by Crippen LogP contribution is -2.12. The monoisotopic (exact) mass is 379 g/mol. The van der Waals surface area contributed by atoms with Crippen molar-refractivity contribution in [3.63, 3.8) is 0 Å². The van der Waals surface area contributed by atoms with E-state index in [2.05, 4.69) is 20.5 Å². The summed E-state index contributed by atoms with van der Waals surface area (Å²) in [6.07, 6.45) is 2.03. The van der Waals surface area contributed by atoms with Crippen LogP contribution in [0.5, 0.6) is 0 Å². The molecule has 0 atom stereocenters. The van der Waals surface area contributed by atoms with Crippen LogP contribution >= 0.6 is 11.8 Å². The van der Waals surface area contributed by atoms with E-state index in [9.17, 15) is 4.79 Å². The highest BCUT2D eigenvalue weighted by Gasteiger charge is 2.10. The van der Waals surface area contributed by atoms with E-state index in [1.54, 1.807) is 18.7 Å². The quantitative estimate of drug-likeness (QED) is 0.268. The van der Waals surface area contributed by atoms with Gasteiger partial charge in [-0.3, -0.25) is 4.79 Å². The number of fused-ring (bicyclic) bond motifs is 1. The molecule has 1 aromatic heterocycles. The van der Waals surface area contributed by atoms with Gasteiger partial charge in [0.2, 0.25) is 0 Å². The SMILES string of the molecule is CSc1ccc2cc(C(=O)Nc3ccc(/C(C)=N\N=C(C)N)cc3)[nH]c2c1. The maximum atomic E-state index is 12.5. The highest BCUT2D eigenvalue weighted by atomic mass is 32.2. The molecule has 1 heterocycles. The van der Waals surface area contributed by atoms with Crippen LogP contribution in [-0.4, -0.2) is 28.7 Å². The number of amides is 1. The topological polar surface area (TPSA) is 95.6 Å². The van der Waals surface area contributed by atoms with Gasteiger partial charge in [-0.05, 0) is 56.0 Å². The second-order valence-corrected chi connectivity index (χ2v) is 6.97. The second-order valence-electron chi connectivity index (χ2n) is 6.09. The molecule has 2 aromatic carbocycles. The van der Waals surface area contributed by atoms with E-state index >= 15 is 0 Å². The van der Waals surface area contributed by atoms with Gasteiger partial charge in [0, 0.05) is 21.5 Å². The molecule has 0 bridgehead atoms. The van der Waals surface area contributed by atoms with Crippen LogP contribution in [0.4, 0.5) is 5.69 Å². The average Bonchev–Trinajstić information content (AvgIpc) is 3.10. The molecule has 0 aliphatic rings. The van der Waals surface area contributed by atoms with Crippen molar-refractivity contribution < 1.29 is 4.79 Å².